The predicted molar refractivity (Wildman–Crippen MR) is 127 cm³/mol. The lowest BCUT2D eigenvalue weighted by molar-refractivity contribution is -0.115. The maximum Gasteiger partial charge on any atom is 0.231 e. The summed E-state index contributed by atoms with van der Waals surface area (Å²) in [5.74, 6) is 2.30. The number of nitrogens with one attached hydrogen (secondary N) is 1. The highest BCUT2D eigenvalue weighted by Crippen LogP contribution is 2.32. The highest BCUT2D eigenvalue weighted by Gasteiger charge is 2.17. The van der Waals surface area contributed by atoms with Crippen molar-refractivity contribution >= 4 is 23.1 Å². The van der Waals surface area contributed by atoms with Crippen molar-refractivity contribution < 1.29 is 14.3 Å². The van der Waals surface area contributed by atoms with E-state index >= 15 is 0 Å². The van der Waals surface area contributed by atoms with Crippen LogP contribution in [0.3, 0.4) is 0 Å². The van der Waals surface area contributed by atoms with Crippen molar-refractivity contribution in [1.29, 1.82) is 0 Å². The normalized spacial score (nSPS) is 14.2. The van der Waals surface area contributed by atoms with Gasteiger partial charge in [-0.2, -0.15) is 0 Å². The van der Waals surface area contributed by atoms with Gasteiger partial charge in [-0.1, -0.05) is 31.4 Å². The highest BCUT2D eigenvalue weighted by molar-refractivity contribution is 7.13. The first-order chi connectivity index (χ1) is 15.7. The summed E-state index contributed by atoms with van der Waals surface area (Å²) in [7, 11) is 0. The number of thiazole rings is 1. The molecule has 2 aromatic heterocycles. The number of hydrogen-bond donors (Lipinski definition) is 1. The Morgan fingerprint density at radius 3 is 2.75 bits per heavy atom. The third-order valence-electron chi connectivity index (χ3n) is 5.54. The Kier molecular flexibility index (Phi) is 7.72. The molecule has 1 aliphatic carbocycles. The van der Waals surface area contributed by atoms with Crippen molar-refractivity contribution in [2.45, 2.75) is 45.4 Å². The van der Waals surface area contributed by atoms with Crippen molar-refractivity contribution in [1.82, 2.24) is 9.97 Å². The molecule has 7 heteroatoms. The quantitative estimate of drug-likeness (QED) is 0.449. The Hall–Kier alpha value is -2.93. The summed E-state index contributed by atoms with van der Waals surface area (Å²) < 4.78 is 11.7. The fourth-order valence-corrected chi connectivity index (χ4v) is 4.79. The van der Waals surface area contributed by atoms with E-state index in [1.165, 1.54) is 43.4 Å². The predicted octanol–water partition coefficient (Wildman–Crippen LogP) is 5.74. The molecule has 32 heavy (non-hydrogen) atoms. The van der Waals surface area contributed by atoms with E-state index in [-0.39, 0.29) is 12.3 Å². The molecular formula is C25H29N3O3S. The van der Waals surface area contributed by atoms with Gasteiger partial charge in [0.15, 0.2) is 11.6 Å². The van der Waals surface area contributed by atoms with Crippen LogP contribution in [0.2, 0.25) is 0 Å². The molecule has 6 nitrogen and oxygen atoms in total. The second-order valence-electron chi connectivity index (χ2n) is 7.96. The number of benzene rings is 1. The number of hydrogen-bond acceptors (Lipinski definition) is 6. The van der Waals surface area contributed by atoms with Gasteiger partial charge < -0.3 is 14.8 Å². The lowest BCUT2D eigenvalue weighted by Gasteiger charge is -2.22. The number of pyridine rings is 1. The summed E-state index contributed by atoms with van der Waals surface area (Å²) >= 11 is 1.51. The molecule has 2 heterocycles. The highest BCUT2D eigenvalue weighted by atomic mass is 32.1. The SMILES string of the molecule is CCOc1ccccc1-c1nc(CC(=O)Nc2ncccc2OCC2CCCCC2)cs1. The molecule has 3 aromatic rings. The summed E-state index contributed by atoms with van der Waals surface area (Å²) in [6.07, 6.45) is 8.12. The minimum atomic E-state index is -0.166. The molecule has 0 bridgehead atoms. The van der Waals surface area contributed by atoms with Gasteiger partial charge in [-0.25, -0.2) is 9.97 Å². The van der Waals surface area contributed by atoms with Gasteiger partial charge in [-0.15, -0.1) is 11.3 Å². The zero-order valence-corrected chi connectivity index (χ0v) is 19.2. The van der Waals surface area contributed by atoms with Gasteiger partial charge in [0.2, 0.25) is 5.91 Å². The zero-order chi connectivity index (χ0) is 22.2. The molecule has 1 aliphatic rings. The molecule has 0 saturated heterocycles. The molecule has 1 N–H and O–H groups in total. The Balaban J connectivity index is 1.38. The van der Waals surface area contributed by atoms with Crippen LogP contribution in [-0.2, 0) is 11.2 Å². The topological polar surface area (TPSA) is 73.3 Å². The number of carbonyl (C=O) groups is 1. The van der Waals surface area contributed by atoms with Crippen molar-refractivity contribution in [2.75, 3.05) is 18.5 Å². The van der Waals surface area contributed by atoms with Gasteiger partial charge in [0.1, 0.15) is 10.8 Å². The molecular weight excluding hydrogens is 422 g/mol. The minimum Gasteiger partial charge on any atom is -0.493 e. The number of carbonyl (C=O) groups excluding carboxylic acids is 1. The average molecular weight is 452 g/mol. The molecule has 1 amide bonds. The van der Waals surface area contributed by atoms with Crippen LogP contribution in [0.1, 0.15) is 44.7 Å². The van der Waals surface area contributed by atoms with E-state index in [1.807, 2.05) is 48.7 Å². The van der Waals surface area contributed by atoms with Crippen LogP contribution in [-0.4, -0.2) is 29.1 Å². The van der Waals surface area contributed by atoms with Crippen molar-refractivity contribution in [3.63, 3.8) is 0 Å². The molecule has 1 fully saturated rings. The molecule has 4 rings (SSSR count). The van der Waals surface area contributed by atoms with E-state index in [1.54, 1.807) is 6.20 Å². The van der Waals surface area contributed by atoms with Gasteiger partial charge in [0.05, 0.1) is 30.9 Å². The second kappa shape index (κ2) is 11.1. The third-order valence-corrected chi connectivity index (χ3v) is 6.46. The monoisotopic (exact) mass is 451 g/mol. The van der Waals surface area contributed by atoms with Crippen LogP contribution in [0.25, 0.3) is 10.6 Å². The second-order valence-corrected chi connectivity index (χ2v) is 8.82. The van der Waals surface area contributed by atoms with E-state index < -0.39 is 0 Å². The molecule has 168 valence electrons. The number of ether oxygens (including phenoxy) is 2. The van der Waals surface area contributed by atoms with E-state index in [9.17, 15) is 4.79 Å². The van der Waals surface area contributed by atoms with Gasteiger partial charge in [0.25, 0.3) is 0 Å². The number of para-hydroxylation sites is 1. The van der Waals surface area contributed by atoms with Crippen molar-refractivity contribution in [3.8, 4) is 22.1 Å². The van der Waals surface area contributed by atoms with Crippen LogP contribution in [0.15, 0.2) is 48.0 Å². The molecule has 0 atom stereocenters. The fourth-order valence-electron chi connectivity index (χ4n) is 3.94. The standard InChI is InChI=1S/C25H29N3O3S/c1-2-30-21-12-7-6-11-20(21)25-27-19(17-32-25)15-23(29)28-24-22(13-8-14-26-24)31-16-18-9-4-3-5-10-18/h6-8,11-14,17-18H,2-5,9-10,15-16H2,1H3,(H,26,28,29). The van der Waals surface area contributed by atoms with Crippen molar-refractivity contribution in [2.24, 2.45) is 5.92 Å². The molecule has 0 aliphatic heterocycles. The number of aromatic nitrogens is 2. The molecule has 0 unspecified atom stereocenters. The van der Waals surface area contributed by atoms with E-state index in [0.717, 1.165) is 22.0 Å². The van der Waals surface area contributed by atoms with Crippen molar-refractivity contribution in [3.05, 3.63) is 53.7 Å². The molecule has 1 aromatic carbocycles. The first-order valence-electron chi connectivity index (χ1n) is 11.3. The molecule has 0 radical (unpaired) electrons. The fraction of sp³-hybridized carbons (Fsp3) is 0.400. The van der Waals surface area contributed by atoms with Gasteiger partial charge >= 0.3 is 0 Å². The lowest BCUT2D eigenvalue weighted by Crippen LogP contribution is -2.18. The number of anilines is 1. The Bertz CT molecular complexity index is 1030. The van der Waals surface area contributed by atoms with E-state index in [0.29, 0.717) is 30.7 Å². The van der Waals surface area contributed by atoms with E-state index in [4.69, 9.17) is 9.47 Å². The lowest BCUT2D eigenvalue weighted by atomic mass is 9.90. The maximum absolute atomic E-state index is 12.7. The van der Waals surface area contributed by atoms with E-state index in [2.05, 4.69) is 15.3 Å². The van der Waals surface area contributed by atoms with Crippen LogP contribution in [0.4, 0.5) is 5.82 Å². The molecule has 0 spiro atoms. The largest absolute Gasteiger partial charge is 0.493 e. The third kappa shape index (κ3) is 5.85. The smallest absolute Gasteiger partial charge is 0.231 e. The summed E-state index contributed by atoms with van der Waals surface area (Å²) in [4.78, 5) is 21.7. The van der Waals surface area contributed by atoms with Gasteiger partial charge in [-0.05, 0) is 49.9 Å². The summed E-state index contributed by atoms with van der Waals surface area (Å²) in [6, 6.07) is 11.5. The summed E-state index contributed by atoms with van der Waals surface area (Å²) in [6.45, 7) is 3.22. The maximum atomic E-state index is 12.7. The van der Waals surface area contributed by atoms with Crippen LogP contribution >= 0.6 is 11.3 Å². The summed E-state index contributed by atoms with van der Waals surface area (Å²) in [5, 5.41) is 5.64. The average Bonchev–Trinajstić information content (AvgIpc) is 3.28. The van der Waals surface area contributed by atoms with Gasteiger partial charge in [0, 0.05) is 11.6 Å². The first kappa shape index (κ1) is 22.3. The number of rotatable bonds is 9. The van der Waals surface area contributed by atoms with Crippen LogP contribution in [0.5, 0.6) is 11.5 Å². The Morgan fingerprint density at radius 2 is 1.91 bits per heavy atom. The first-order valence-corrected chi connectivity index (χ1v) is 12.1. The minimum absolute atomic E-state index is 0.166. The summed E-state index contributed by atoms with van der Waals surface area (Å²) in [5.41, 5.74) is 1.66. The Labute approximate surface area is 193 Å². The van der Waals surface area contributed by atoms with Gasteiger partial charge in [-0.3, -0.25) is 4.79 Å². The zero-order valence-electron chi connectivity index (χ0n) is 18.4. The van der Waals surface area contributed by atoms with Crippen LogP contribution in [0, 0.1) is 5.92 Å². The van der Waals surface area contributed by atoms with Crippen LogP contribution < -0.4 is 14.8 Å². The Morgan fingerprint density at radius 1 is 1.09 bits per heavy atom. The molecule has 1 saturated carbocycles. The number of nitrogens with zero attached hydrogens (tertiary/aromatic N) is 2. The number of amides is 1.